The SMILES string of the molecule is C=C(CC1CC1)n1/c(=N\C)c(Cl)nc2cc(C(=O)OC)c(C)cc21. The van der Waals surface area contributed by atoms with Crippen molar-refractivity contribution >= 4 is 34.3 Å². The molecule has 1 aliphatic carbocycles. The van der Waals surface area contributed by atoms with Gasteiger partial charge in [-0.25, -0.2) is 9.78 Å². The van der Waals surface area contributed by atoms with Gasteiger partial charge in [0.2, 0.25) is 0 Å². The molecule has 0 radical (unpaired) electrons. The van der Waals surface area contributed by atoms with E-state index in [4.69, 9.17) is 16.3 Å². The molecule has 0 amide bonds. The van der Waals surface area contributed by atoms with Gasteiger partial charge in [0.05, 0.1) is 23.7 Å². The number of carbonyl (C=O) groups is 1. The molecule has 24 heavy (non-hydrogen) atoms. The maximum atomic E-state index is 11.9. The summed E-state index contributed by atoms with van der Waals surface area (Å²) in [5.41, 5.74) is 4.28. The fourth-order valence-corrected chi connectivity index (χ4v) is 3.16. The van der Waals surface area contributed by atoms with Gasteiger partial charge in [0.15, 0.2) is 10.6 Å². The highest BCUT2D eigenvalue weighted by Crippen LogP contribution is 2.36. The van der Waals surface area contributed by atoms with Crippen LogP contribution in [0.1, 0.15) is 35.2 Å². The van der Waals surface area contributed by atoms with Crippen LogP contribution < -0.4 is 5.49 Å². The first-order valence-corrected chi connectivity index (χ1v) is 8.26. The number of hydrogen-bond acceptors (Lipinski definition) is 4. The third kappa shape index (κ3) is 2.96. The van der Waals surface area contributed by atoms with E-state index in [1.807, 2.05) is 17.6 Å². The van der Waals surface area contributed by atoms with Crippen LogP contribution in [0.2, 0.25) is 5.15 Å². The van der Waals surface area contributed by atoms with Crippen LogP contribution in [0.15, 0.2) is 23.7 Å². The normalized spacial score (nSPS) is 14.9. The lowest BCUT2D eigenvalue weighted by atomic mass is 10.1. The van der Waals surface area contributed by atoms with Gasteiger partial charge in [-0.2, -0.15) is 0 Å². The van der Waals surface area contributed by atoms with Crippen LogP contribution in [0.5, 0.6) is 0 Å². The molecule has 1 heterocycles. The molecule has 0 unspecified atom stereocenters. The Morgan fingerprint density at radius 1 is 1.50 bits per heavy atom. The smallest absolute Gasteiger partial charge is 0.338 e. The zero-order chi connectivity index (χ0) is 17.4. The van der Waals surface area contributed by atoms with Gasteiger partial charge in [0.25, 0.3) is 0 Å². The predicted molar refractivity (Wildman–Crippen MR) is 95.0 cm³/mol. The van der Waals surface area contributed by atoms with Crippen molar-refractivity contribution in [2.75, 3.05) is 14.2 Å². The lowest BCUT2D eigenvalue weighted by Crippen LogP contribution is -2.23. The third-order valence-electron chi connectivity index (χ3n) is 4.33. The first-order chi connectivity index (χ1) is 11.5. The molecule has 1 aliphatic rings. The van der Waals surface area contributed by atoms with E-state index < -0.39 is 0 Å². The third-order valence-corrected chi connectivity index (χ3v) is 4.59. The molecule has 0 bridgehead atoms. The number of esters is 1. The van der Waals surface area contributed by atoms with Gasteiger partial charge in [-0.3, -0.25) is 9.56 Å². The number of allylic oxidation sites excluding steroid dienone is 1. The molecule has 126 valence electrons. The minimum absolute atomic E-state index is 0.293. The quantitative estimate of drug-likeness (QED) is 0.796. The van der Waals surface area contributed by atoms with Crippen LogP contribution in [-0.4, -0.2) is 29.7 Å². The Balaban J connectivity index is 2.28. The Labute approximate surface area is 145 Å². The highest BCUT2D eigenvalue weighted by atomic mass is 35.5. The summed E-state index contributed by atoms with van der Waals surface area (Å²) in [7, 11) is 3.05. The number of aromatic nitrogens is 2. The second-order valence-electron chi connectivity index (χ2n) is 6.15. The van der Waals surface area contributed by atoms with E-state index in [9.17, 15) is 4.79 Å². The lowest BCUT2D eigenvalue weighted by Gasteiger charge is -2.16. The van der Waals surface area contributed by atoms with Crippen LogP contribution >= 0.6 is 11.6 Å². The topological polar surface area (TPSA) is 56.5 Å². The number of hydrogen-bond donors (Lipinski definition) is 0. The minimum Gasteiger partial charge on any atom is -0.465 e. The molecule has 1 fully saturated rings. The van der Waals surface area contributed by atoms with Crippen molar-refractivity contribution in [1.82, 2.24) is 9.55 Å². The van der Waals surface area contributed by atoms with Crippen molar-refractivity contribution in [2.45, 2.75) is 26.2 Å². The molecule has 0 atom stereocenters. The number of rotatable bonds is 4. The minimum atomic E-state index is -0.389. The predicted octanol–water partition coefficient (Wildman–Crippen LogP) is 3.59. The zero-order valence-electron chi connectivity index (χ0n) is 14.1. The number of methoxy groups -OCH3 is 1. The molecule has 1 saturated carbocycles. The van der Waals surface area contributed by atoms with E-state index in [2.05, 4.69) is 16.6 Å². The Bertz CT molecular complexity index is 911. The van der Waals surface area contributed by atoms with Crippen LogP contribution in [0.4, 0.5) is 0 Å². The van der Waals surface area contributed by atoms with Crippen molar-refractivity contribution in [3.63, 3.8) is 0 Å². The summed E-state index contributed by atoms with van der Waals surface area (Å²) in [5.74, 6) is 0.298. The number of ether oxygens (including phenoxy) is 1. The lowest BCUT2D eigenvalue weighted by molar-refractivity contribution is 0.0600. The summed E-state index contributed by atoms with van der Waals surface area (Å²) in [6, 6.07) is 3.63. The Morgan fingerprint density at radius 2 is 2.21 bits per heavy atom. The molecule has 0 aliphatic heterocycles. The van der Waals surface area contributed by atoms with Gasteiger partial charge in [-0.15, -0.1) is 0 Å². The first kappa shape index (κ1) is 16.7. The largest absolute Gasteiger partial charge is 0.465 e. The van der Waals surface area contributed by atoms with Crippen LogP contribution in [-0.2, 0) is 4.74 Å². The Kier molecular flexibility index (Phi) is 4.45. The van der Waals surface area contributed by atoms with Crippen LogP contribution in [0, 0.1) is 12.8 Å². The highest BCUT2D eigenvalue weighted by Gasteiger charge is 2.24. The second kappa shape index (κ2) is 6.40. The molecule has 6 heteroatoms. The molecule has 1 aromatic heterocycles. The van der Waals surface area contributed by atoms with Crippen molar-refractivity contribution < 1.29 is 9.53 Å². The molecule has 2 aromatic rings. The summed E-state index contributed by atoms with van der Waals surface area (Å²) in [6.45, 7) is 6.11. The maximum absolute atomic E-state index is 11.9. The molecule has 1 aromatic carbocycles. The molecule has 3 rings (SSSR count). The number of benzene rings is 1. The summed E-state index contributed by atoms with van der Waals surface area (Å²) in [4.78, 5) is 20.6. The number of nitrogens with zero attached hydrogens (tertiary/aromatic N) is 3. The van der Waals surface area contributed by atoms with Gasteiger partial charge < -0.3 is 4.74 Å². The number of aryl methyl sites for hydroxylation is 1. The maximum Gasteiger partial charge on any atom is 0.338 e. The average Bonchev–Trinajstić information content (AvgIpc) is 3.36. The molecule has 5 nitrogen and oxygen atoms in total. The fourth-order valence-electron chi connectivity index (χ4n) is 2.90. The average molecular weight is 346 g/mol. The molecule has 0 spiro atoms. The summed E-state index contributed by atoms with van der Waals surface area (Å²) in [5, 5.41) is 0.293. The fraction of sp³-hybridized carbons (Fsp3) is 0.389. The molecular weight excluding hydrogens is 326 g/mol. The summed E-state index contributed by atoms with van der Waals surface area (Å²) < 4.78 is 6.79. The van der Waals surface area contributed by atoms with E-state index in [0.29, 0.717) is 27.6 Å². The molecule has 0 saturated heterocycles. The van der Waals surface area contributed by atoms with Crippen molar-refractivity contribution in [1.29, 1.82) is 0 Å². The van der Waals surface area contributed by atoms with Gasteiger partial charge in [0.1, 0.15) is 0 Å². The van der Waals surface area contributed by atoms with Crippen LogP contribution in [0.25, 0.3) is 16.7 Å². The van der Waals surface area contributed by atoms with Gasteiger partial charge in [-0.1, -0.05) is 18.2 Å². The highest BCUT2D eigenvalue weighted by molar-refractivity contribution is 6.29. The van der Waals surface area contributed by atoms with E-state index in [1.54, 1.807) is 13.1 Å². The monoisotopic (exact) mass is 345 g/mol. The van der Waals surface area contributed by atoms with E-state index in [1.165, 1.54) is 20.0 Å². The zero-order valence-corrected chi connectivity index (χ0v) is 14.9. The van der Waals surface area contributed by atoms with Crippen LogP contribution in [0.3, 0.4) is 0 Å². The number of halogens is 1. The van der Waals surface area contributed by atoms with E-state index in [0.717, 1.165) is 23.2 Å². The standard InChI is InChI=1S/C18H20ClN3O2/c1-10-7-15-14(9-13(10)18(23)24-4)21-16(19)17(20-3)22(15)11(2)8-12-5-6-12/h7,9,12H,2,5-6,8H2,1,3-4H3/b20-17-. The van der Waals surface area contributed by atoms with Gasteiger partial charge in [0, 0.05) is 12.7 Å². The van der Waals surface area contributed by atoms with Gasteiger partial charge in [-0.05, 0) is 49.8 Å². The van der Waals surface area contributed by atoms with Crippen molar-refractivity contribution in [2.24, 2.45) is 10.9 Å². The van der Waals surface area contributed by atoms with Crippen molar-refractivity contribution in [3.05, 3.63) is 40.5 Å². The van der Waals surface area contributed by atoms with Crippen molar-refractivity contribution in [3.8, 4) is 0 Å². The number of fused-ring (bicyclic) bond motifs is 1. The summed E-state index contributed by atoms with van der Waals surface area (Å²) >= 11 is 6.33. The second-order valence-corrected chi connectivity index (χ2v) is 6.50. The van der Waals surface area contributed by atoms with E-state index >= 15 is 0 Å². The first-order valence-electron chi connectivity index (χ1n) is 7.88. The summed E-state index contributed by atoms with van der Waals surface area (Å²) in [6.07, 6.45) is 3.38. The van der Waals surface area contributed by atoms with Gasteiger partial charge >= 0.3 is 5.97 Å². The van der Waals surface area contributed by atoms with E-state index in [-0.39, 0.29) is 5.97 Å². The molecular formula is C18H20ClN3O2. The molecule has 0 N–H and O–H groups in total. The Morgan fingerprint density at radius 3 is 2.79 bits per heavy atom. The number of carbonyl (C=O) groups excluding carboxylic acids is 1. The Hall–Kier alpha value is -2.14.